The molecular weight excluding hydrogens is 246 g/mol. The van der Waals surface area contributed by atoms with E-state index in [-0.39, 0.29) is 0 Å². The Bertz CT molecular complexity index is 453. The van der Waals surface area contributed by atoms with E-state index >= 15 is 0 Å². The number of hydrogen-bond donors (Lipinski definition) is 2. The highest BCUT2D eigenvalue weighted by Gasteiger charge is 2.10. The molecule has 0 radical (unpaired) electrons. The molecule has 5 heteroatoms. The Morgan fingerprint density at radius 2 is 2.44 bits per heavy atom. The van der Waals surface area contributed by atoms with Crippen LogP contribution in [0.5, 0.6) is 0 Å². The summed E-state index contributed by atoms with van der Waals surface area (Å²) in [6, 6.07) is 4.55. The van der Waals surface area contributed by atoms with Crippen molar-refractivity contribution in [3.05, 3.63) is 29.3 Å². The zero-order chi connectivity index (χ0) is 12.8. The third-order valence-electron chi connectivity index (χ3n) is 2.93. The van der Waals surface area contributed by atoms with Gasteiger partial charge in [0.1, 0.15) is 0 Å². The zero-order valence-corrected chi connectivity index (χ0v) is 11.6. The van der Waals surface area contributed by atoms with Crippen LogP contribution in [0, 0.1) is 0 Å². The third-order valence-corrected chi connectivity index (χ3v) is 3.81. The van der Waals surface area contributed by atoms with Crippen LogP contribution in [0.2, 0.25) is 0 Å². The molecule has 0 saturated heterocycles. The summed E-state index contributed by atoms with van der Waals surface area (Å²) in [5.74, 6) is 0. The molecule has 0 spiro atoms. The second-order valence-corrected chi connectivity index (χ2v) is 5.14. The Labute approximate surface area is 111 Å². The fourth-order valence-corrected chi connectivity index (χ4v) is 2.61. The van der Waals surface area contributed by atoms with E-state index in [0.29, 0.717) is 6.04 Å². The summed E-state index contributed by atoms with van der Waals surface area (Å²) < 4.78 is 5.18. The van der Waals surface area contributed by atoms with Gasteiger partial charge in [0.05, 0.1) is 23.4 Å². The van der Waals surface area contributed by atoms with E-state index in [2.05, 4.69) is 40.0 Å². The monoisotopic (exact) mass is 265 g/mol. The van der Waals surface area contributed by atoms with E-state index in [1.807, 2.05) is 6.20 Å². The minimum absolute atomic E-state index is 0.390. The highest BCUT2D eigenvalue weighted by molar-refractivity contribution is 7.13. The molecule has 2 heterocycles. The molecule has 1 atom stereocenters. The van der Waals surface area contributed by atoms with Crippen LogP contribution in [0.3, 0.4) is 0 Å². The van der Waals surface area contributed by atoms with Gasteiger partial charge in [-0.25, -0.2) is 0 Å². The van der Waals surface area contributed by atoms with E-state index in [1.165, 1.54) is 10.4 Å². The van der Waals surface area contributed by atoms with E-state index < -0.39 is 0 Å². The third kappa shape index (κ3) is 3.19. The molecule has 0 amide bonds. The van der Waals surface area contributed by atoms with Crippen LogP contribution in [0.4, 0.5) is 0 Å². The second kappa shape index (κ2) is 6.68. The zero-order valence-electron chi connectivity index (χ0n) is 10.8. The molecule has 4 nitrogen and oxygen atoms in total. The quantitative estimate of drug-likeness (QED) is 0.809. The average Bonchev–Trinajstić information content (AvgIpc) is 3.04. The second-order valence-electron chi connectivity index (χ2n) is 4.19. The molecule has 1 unspecified atom stereocenters. The molecule has 0 aromatic carbocycles. The lowest BCUT2D eigenvalue weighted by atomic mass is 10.2. The summed E-state index contributed by atoms with van der Waals surface area (Å²) in [4.78, 5) is 1.23. The molecule has 0 fully saturated rings. The number of nitrogens with one attached hydrogen (secondary N) is 2. The molecule has 0 aliphatic carbocycles. The molecular formula is C13H19N3OS. The Hall–Kier alpha value is -1.17. The number of methoxy groups -OCH3 is 1. The first kappa shape index (κ1) is 13.3. The predicted octanol–water partition coefficient (Wildman–Crippen LogP) is 2.65. The highest BCUT2D eigenvalue weighted by Crippen LogP contribution is 2.25. The van der Waals surface area contributed by atoms with Crippen molar-refractivity contribution in [2.24, 2.45) is 0 Å². The highest BCUT2D eigenvalue weighted by atomic mass is 32.1. The number of H-pyrrole nitrogens is 1. The van der Waals surface area contributed by atoms with Crippen molar-refractivity contribution in [3.8, 4) is 10.6 Å². The summed E-state index contributed by atoms with van der Waals surface area (Å²) in [7, 11) is 1.74. The van der Waals surface area contributed by atoms with E-state index in [4.69, 9.17) is 4.74 Å². The van der Waals surface area contributed by atoms with Crippen LogP contribution in [-0.4, -0.2) is 30.0 Å². The van der Waals surface area contributed by atoms with Gasteiger partial charge in [-0.15, -0.1) is 11.3 Å². The summed E-state index contributed by atoms with van der Waals surface area (Å²) in [6.45, 7) is 3.71. The van der Waals surface area contributed by atoms with Gasteiger partial charge in [0.2, 0.25) is 0 Å². The maximum absolute atomic E-state index is 5.18. The molecule has 2 N–H and O–H groups in total. The Morgan fingerprint density at radius 3 is 3.11 bits per heavy atom. The smallest absolute Gasteiger partial charge is 0.0794 e. The van der Waals surface area contributed by atoms with Gasteiger partial charge in [-0.2, -0.15) is 5.10 Å². The summed E-state index contributed by atoms with van der Waals surface area (Å²) in [5, 5.41) is 12.8. The fraction of sp³-hybridized carbons (Fsp3) is 0.462. The minimum atomic E-state index is 0.390. The van der Waals surface area contributed by atoms with Crippen LogP contribution >= 0.6 is 11.3 Å². The Morgan fingerprint density at radius 1 is 1.56 bits per heavy atom. The van der Waals surface area contributed by atoms with Gasteiger partial charge in [-0.05, 0) is 17.9 Å². The lowest BCUT2D eigenvalue weighted by molar-refractivity contribution is 0.164. The summed E-state index contributed by atoms with van der Waals surface area (Å²) in [6.07, 6.45) is 2.95. The maximum Gasteiger partial charge on any atom is 0.0794 e. The Balaban J connectivity index is 2.00. The fourth-order valence-electron chi connectivity index (χ4n) is 1.86. The number of thiophene rings is 1. The van der Waals surface area contributed by atoms with Crippen molar-refractivity contribution in [2.75, 3.05) is 13.7 Å². The van der Waals surface area contributed by atoms with Crippen LogP contribution in [0.15, 0.2) is 23.7 Å². The number of rotatable bonds is 7. The van der Waals surface area contributed by atoms with E-state index in [9.17, 15) is 0 Å². The van der Waals surface area contributed by atoms with Gasteiger partial charge in [0.25, 0.3) is 0 Å². The molecule has 0 aliphatic rings. The van der Waals surface area contributed by atoms with Crippen molar-refractivity contribution in [2.45, 2.75) is 25.9 Å². The minimum Gasteiger partial charge on any atom is -0.383 e. The number of hydrogen-bond acceptors (Lipinski definition) is 4. The van der Waals surface area contributed by atoms with Gasteiger partial charge >= 0.3 is 0 Å². The SMILES string of the molecule is CCC(COC)NCc1cn[nH]c1-c1cccs1. The van der Waals surface area contributed by atoms with Crippen molar-refractivity contribution in [3.63, 3.8) is 0 Å². The van der Waals surface area contributed by atoms with Gasteiger partial charge in [0, 0.05) is 25.3 Å². The molecule has 0 bridgehead atoms. The van der Waals surface area contributed by atoms with Crippen LogP contribution in [-0.2, 0) is 11.3 Å². The maximum atomic E-state index is 5.18. The first-order chi connectivity index (χ1) is 8.85. The lowest BCUT2D eigenvalue weighted by Gasteiger charge is -2.15. The first-order valence-electron chi connectivity index (χ1n) is 6.13. The standard InChI is InChI=1S/C13H19N3OS/c1-3-11(9-17-2)14-7-10-8-15-16-13(10)12-5-4-6-18-12/h4-6,8,11,14H,3,7,9H2,1-2H3,(H,15,16). The lowest BCUT2D eigenvalue weighted by Crippen LogP contribution is -2.32. The number of nitrogens with zero attached hydrogens (tertiary/aromatic N) is 1. The Kier molecular flexibility index (Phi) is 4.92. The summed E-state index contributed by atoms with van der Waals surface area (Å²) >= 11 is 1.72. The molecule has 18 heavy (non-hydrogen) atoms. The average molecular weight is 265 g/mol. The van der Waals surface area contributed by atoms with Crippen LogP contribution < -0.4 is 5.32 Å². The van der Waals surface area contributed by atoms with E-state index in [1.54, 1.807) is 18.4 Å². The predicted molar refractivity (Wildman–Crippen MR) is 74.7 cm³/mol. The molecule has 2 rings (SSSR count). The number of aromatic nitrogens is 2. The van der Waals surface area contributed by atoms with Crippen molar-refractivity contribution in [1.82, 2.24) is 15.5 Å². The summed E-state index contributed by atoms with van der Waals surface area (Å²) in [5.41, 5.74) is 2.32. The van der Waals surface area contributed by atoms with Crippen molar-refractivity contribution < 1.29 is 4.74 Å². The molecule has 0 aliphatic heterocycles. The van der Waals surface area contributed by atoms with E-state index in [0.717, 1.165) is 25.3 Å². The van der Waals surface area contributed by atoms with Crippen LogP contribution in [0.25, 0.3) is 10.6 Å². The number of aromatic amines is 1. The molecule has 0 saturated carbocycles. The topological polar surface area (TPSA) is 49.9 Å². The molecule has 2 aromatic rings. The molecule has 2 aromatic heterocycles. The normalized spacial score (nSPS) is 12.8. The molecule has 98 valence electrons. The van der Waals surface area contributed by atoms with Gasteiger partial charge < -0.3 is 10.1 Å². The van der Waals surface area contributed by atoms with Gasteiger partial charge in [-0.1, -0.05) is 13.0 Å². The van der Waals surface area contributed by atoms with Crippen molar-refractivity contribution in [1.29, 1.82) is 0 Å². The van der Waals surface area contributed by atoms with Gasteiger partial charge in [0.15, 0.2) is 0 Å². The largest absolute Gasteiger partial charge is 0.383 e. The van der Waals surface area contributed by atoms with Gasteiger partial charge in [-0.3, -0.25) is 5.10 Å². The number of ether oxygens (including phenoxy) is 1. The van der Waals surface area contributed by atoms with Crippen molar-refractivity contribution >= 4 is 11.3 Å². The van der Waals surface area contributed by atoms with Crippen LogP contribution in [0.1, 0.15) is 18.9 Å². The first-order valence-corrected chi connectivity index (χ1v) is 7.01.